The monoisotopic (exact) mass is 444 g/mol. The van der Waals surface area contributed by atoms with Gasteiger partial charge in [0.1, 0.15) is 18.0 Å². The maximum Gasteiger partial charge on any atom is 0.247 e. The van der Waals surface area contributed by atoms with E-state index in [2.05, 4.69) is 35.9 Å². The minimum atomic E-state index is -0.566. The predicted molar refractivity (Wildman–Crippen MR) is 121 cm³/mol. The molecular weight excluding hydrogens is 408 g/mol. The average Bonchev–Trinajstić information content (AvgIpc) is 2.95. The highest BCUT2D eigenvalue weighted by Gasteiger charge is 2.51. The van der Waals surface area contributed by atoms with Crippen LogP contribution in [0, 0.1) is 5.41 Å². The van der Waals surface area contributed by atoms with Gasteiger partial charge in [-0.15, -0.1) is 0 Å². The number of fused-ring (bicyclic) bond motifs is 2. The molecule has 2 saturated heterocycles. The number of amides is 2. The molecule has 0 aromatic heterocycles. The van der Waals surface area contributed by atoms with Gasteiger partial charge in [-0.2, -0.15) is 0 Å². The van der Waals surface area contributed by atoms with Crippen LogP contribution in [0.5, 0.6) is 5.75 Å². The van der Waals surface area contributed by atoms with E-state index >= 15 is 0 Å². The molecule has 4 rings (SSSR count). The summed E-state index contributed by atoms with van der Waals surface area (Å²) in [5, 5.41) is 9.56. The zero-order valence-electron chi connectivity index (χ0n) is 19.5. The Kier molecular flexibility index (Phi) is 6.74. The van der Waals surface area contributed by atoms with Crippen LogP contribution >= 0.6 is 0 Å². The van der Waals surface area contributed by atoms with Gasteiger partial charge >= 0.3 is 0 Å². The topological polar surface area (TPSA) is 91.9 Å². The van der Waals surface area contributed by atoms with Crippen LogP contribution in [0.25, 0.3) is 0 Å². The summed E-state index contributed by atoms with van der Waals surface area (Å²) in [6, 6.07) is 7.35. The molecule has 0 saturated carbocycles. The van der Waals surface area contributed by atoms with Crippen molar-refractivity contribution in [2.45, 2.75) is 70.4 Å². The molecule has 2 amide bonds. The molecule has 5 atom stereocenters. The Morgan fingerprint density at radius 3 is 2.75 bits per heavy atom. The number of nitrogens with zero attached hydrogens (tertiary/aromatic N) is 1. The highest BCUT2D eigenvalue weighted by molar-refractivity contribution is 5.90. The number of carbonyl (C=O) groups excluding carboxylic acids is 2. The molecule has 0 spiro atoms. The molecule has 3 aliphatic heterocycles. The summed E-state index contributed by atoms with van der Waals surface area (Å²) in [6.45, 7) is 7.96. The van der Waals surface area contributed by atoms with Gasteiger partial charge in [-0.25, -0.2) is 0 Å². The molecule has 0 bridgehead atoms. The minimum absolute atomic E-state index is 0.0331. The van der Waals surface area contributed by atoms with Crippen LogP contribution < -0.4 is 20.7 Å². The number of likely N-dealkylation sites (N-methyl/N-ethyl adjacent to an activating group) is 1. The minimum Gasteiger partial charge on any atom is -0.493 e. The smallest absolute Gasteiger partial charge is 0.247 e. The van der Waals surface area contributed by atoms with Gasteiger partial charge in [0, 0.05) is 31.0 Å². The third kappa shape index (κ3) is 4.49. The van der Waals surface area contributed by atoms with Crippen molar-refractivity contribution in [1.82, 2.24) is 20.9 Å². The van der Waals surface area contributed by atoms with E-state index in [1.807, 2.05) is 23.1 Å². The van der Waals surface area contributed by atoms with E-state index in [4.69, 9.17) is 9.47 Å². The number of hydrogen-bond donors (Lipinski definition) is 3. The van der Waals surface area contributed by atoms with Gasteiger partial charge < -0.3 is 30.3 Å². The number of hydrogen-bond acceptors (Lipinski definition) is 6. The summed E-state index contributed by atoms with van der Waals surface area (Å²) < 4.78 is 11.9. The summed E-state index contributed by atoms with van der Waals surface area (Å²) in [6.07, 6.45) is 1.90. The molecular formula is C24H36N4O4. The van der Waals surface area contributed by atoms with Crippen LogP contribution in [0.2, 0.25) is 0 Å². The Labute approximate surface area is 190 Å². The molecule has 0 aliphatic carbocycles. The largest absolute Gasteiger partial charge is 0.493 e. The number of ether oxygens (including phenoxy) is 2. The van der Waals surface area contributed by atoms with Crippen LogP contribution in [0.1, 0.15) is 51.6 Å². The van der Waals surface area contributed by atoms with Crippen molar-refractivity contribution in [3.8, 4) is 5.75 Å². The molecule has 8 heteroatoms. The molecule has 3 N–H and O–H groups in total. The highest BCUT2D eigenvalue weighted by Crippen LogP contribution is 2.42. The molecule has 2 fully saturated rings. The first-order valence-corrected chi connectivity index (χ1v) is 11.7. The van der Waals surface area contributed by atoms with Crippen molar-refractivity contribution in [3.63, 3.8) is 0 Å². The molecule has 1 aromatic carbocycles. The van der Waals surface area contributed by atoms with Gasteiger partial charge in [0.2, 0.25) is 11.8 Å². The Morgan fingerprint density at radius 1 is 1.22 bits per heavy atom. The van der Waals surface area contributed by atoms with Gasteiger partial charge in [-0.1, -0.05) is 32.0 Å². The third-order valence-corrected chi connectivity index (χ3v) is 7.18. The lowest BCUT2D eigenvalue weighted by atomic mass is 9.84. The van der Waals surface area contributed by atoms with E-state index in [0.717, 1.165) is 24.2 Å². The summed E-state index contributed by atoms with van der Waals surface area (Å²) in [5.41, 5.74) is 1.05. The number of benzene rings is 1. The van der Waals surface area contributed by atoms with Crippen molar-refractivity contribution in [2.75, 3.05) is 26.8 Å². The van der Waals surface area contributed by atoms with Gasteiger partial charge in [-0.3, -0.25) is 9.59 Å². The molecule has 32 heavy (non-hydrogen) atoms. The fraction of sp³-hybridized carbons (Fsp3) is 0.667. The third-order valence-electron chi connectivity index (χ3n) is 7.18. The first kappa shape index (κ1) is 23.0. The summed E-state index contributed by atoms with van der Waals surface area (Å²) in [4.78, 5) is 27.9. The van der Waals surface area contributed by atoms with Crippen LogP contribution in [-0.4, -0.2) is 67.9 Å². The number of nitrogens with one attached hydrogen (secondary N) is 3. The molecule has 1 aromatic rings. The van der Waals surface area contributed by atoms with Crippen LogP contribution in [0.3, 0.4) is 0 Å². The first-order valence-electron chi connectivity index (χ1n) is 11.7. The van der Waals surface area contributed by atoms with Crippen LogP contribution in [0.15, 0.2) is 24.3 Å². The van der Waals surface area contributed by atoms with E-state index in [-0.39, 0.29) is 41.6 Å². The second-order valence-electron chi connectivity index (χ2n) is 9.78. The molecule has 176 valence electrons. The van der Waals surface area contributed by atoms with E-state index in [1.165, 1.54) is 0 Å². The second kappa shape index (κ2) is 9.37. The lowest BCUT2D eigenvalue weighted by Crippen LogP contribution is -2.56. The number of carbonyl (C=O) groups is 2. The summed E-state index contributed by atoms with van der Waals surface area (Å²) in [7, 11) is 1.73. The Bertz CT molecular complexity index is 845. The van der Waals surface area contributed by atoms with Crippen LogP contribution in [-0.2, 0) is 14.3 Å². The Morgan fingerprint density at radius 2 is 1.97 bits per heavy atom. The van der Waals surface area contributed by atoms with E-state index in [0.29, 0.717) is 26.2 Å². The van der Waals surface area contributed by atoms with Crippen molar-refractivity contribution in [1.29, 1.82) is 0 Å². The molecule has 3 heterocycles. The summed E-state index contributed by atoms with van der Waals surface area (Å²) >= 11 is 0. The standard InChI is InChI=1S/C24H36N4O4/c1-15(25-4)22(29)27-18-10-12-32-21-13-24(2,3)20(28(21)23(18)30)14-26-17-9-11-31-19-8-6-5-7-16(17)19/h5-8,15,17-18,20-21,25-26H,9-14H2,1-4H3,(H,27,29)/t15?,17-,18+,20-,21+/m1/s1. The lowest BCUT2D eigenvalue weighted by molar-refractivity contribution is -0.144. The predicted octanol–water partition coefficient (Wildman–Crippen LogP) is 1.57. The maximum absolute atomic E-state index is 13.6. The summed E-state index contributed by atoms with van der Waals surface area (Å²) in [5.74, 6) is 0.709. The van der Waals surface area contributed by atoms with Crippen molar-refractivity contribution in [3.05, 3.63) is 29.8 Å². The van der Waals surface area contributed by atoms with Gasteiger partial charge in [0.05, 0.1) is 25.3 Å². The van der Waals surface area contributed by atoms with E-state index < -0.39 is 6.04 Å². The quantitative estimate of drug-likeness (QED) is 0.617. The Balaban J connectivity index is 1.50. The molecule has 8 nitrogen and oxygen atoms in total. The average molecular weight is 445 g/mol. The second-order valence-corrected chi connectivity index (χ2v) is 9.78. The SMILES string of the molecule is CNC(C)C(=O)N[C@H]1CCO[C@H]2CC(C)(C)[C@@H](CN[C@@H]3CCOc4ccccc43)N2C1=O. The van der Waals surface area contributed by atoms with E-state index in [1.54, 1.807) is 14.0 Å². The first-order chi connectivity index (χ1) is 15.3. The number of rotatable bonds is 6. The van der Waals surface area contributed by atoms with Crippen molar-refractivity contribution >= 4 is 11.8 Å². The van der Waals surface area contributed by atoms with Crippen LogP contribution in [0.4, 0.5) is 0 Å². The lowest BCUT2D eigenvalue weighted by Gasteiger charge is -2.36. The van der Waals surface area contributed by atoms with Crippen molar-refractivity contribution in [2.24, 2.45) is 5.41 Å². The number of para-hydroxylation sites is 1. The maximum atomic E-state index is 13.6. The van der Waals surface area contributed by atoms with E-state index in [9.17, 15) is 9.59 Å². The van der Waals surface area contributed by atoms with Gasteiger partial charge in [0.25, 0.3) is 0 Å². The fourth-order valence-electron chi connectivity index (χ4n) is 5.07. The highest BCUT2D eigenvalue weighted by atomic mass is 16.5. The molecule has 0 radical (unpaired) electrons. The molecule has 1 unspecified atom stereocenters. The zero-order chi connectivity index (χ0) is 22.9. The zero-order valence-corrected chi connectivity index (χ0v) is 19.5. The van der Waals surface area contributed by atoms with Crippen molar-refractivity contribution < 1.29 is 19.1 Å². The van der Waals surface area contributed by atoms with Gasteiger partial charge in [-0.05, 0) is 31.9 Å². The van der Waals surface area contributed by atoms with Gasteiger partial charge in [0.15, 0.2) is 0 Å². The Hall–Kier alpha value is -2.16. The fourth-order valence-corrected chi connectivity index (χ4v) is 5.07. The molecule has 3 aliphatic rings. The normalized spacial score (nSPS) is 30.0.